The van der Waals surface area contributed by atoms with E-state index in [1.165, 1.54) is 5.57 Å². The summed E-state index contributed by atoms with van der Waals surface area (Å²) in [6.07, 6.45) is 0.169. The lowest BCUT2D eigenvalue weighted by atomic mass is 9.91. The molecule has 0 amide bonds. The SMILES string of the molecule is CC[Si](CC)(CC)O[C@@H]1[C@@H](OC)[C@@H](C)CO[C@H]1/C(C)=C/I. The molecule has 4 atom stereocenters. The second kappa shape index (κ2) is 9.01. The first-order chi connectivity index (χ1) is 9.98. The molecular formula is C16H31IO3Si. The molecule has 1 rings (SSSR count). The summed E-state index contributed by atoms with van der Waals surface area (Å²) in [6.45, 7) is 11.9. The van der Waals surface area contributed by atoms with Crippen molar-refractivity contribution in [1.29, 1.82) is 0 Å². The second-order valence-electron chi connectivity index (χ2n) is 6.11. The minimum Gasteiger partial charge on any atom is -0.408 e. The van der Waals surface area contributed by atoms with Gasteiger partial charge in [-0.25, -0.2) is 0 Å². The van der Waals surface area contributed by atoms with Crippen LogP contribution >= 0.6 is 22.6 Å². The van der Waals surface area contributed by atoms with Crippen LogP contribution in [0.5, 0.6) is 0 Å². The lowest BCUT2D eigenvalue weighted by molar-refractivity contribution is -0.152. The van der Waals surface area contributed by atoms with E-state index in [1.807, 2.05) is 0 Å². The Balaban J connectivity index is 3.07. The molecule has 0 N–H and O–H groups in total. The van der Waals surface area contributed by atoms with E-state index in [-0.39, 0.29) is 18.3 Å². The summed E-state index contributed by atoms with van der Waals surface area (Å²) in [5.41, 5.74) is 1.24. The van der Waals surface area contributed by atoms with Crippen LogP contribution in [-0.4, -0.2) is 40.3 Å². The maximum absolute atomic E-state index is 6.78. The first kappa shape index (κ1) is 19.6. The van der Waals surface area contributed by atoms with Crippen molar-refractivity contribution in [3.63, 3.8) is 0 Å². The molecule has 0 radical (unpaired) electrons. The number of halogens is 1. The van der Waals surface area contributed by atoms with Gasteiger partial charge in [-0.3, -0.25) is 0 Å². The van der Waals surface area contributed by atoms with E-state index in [0.717, 1.165) is 24.7 Å². The average Bonchev–Trinajstić information content (AvgIpc) is 2.52. The fourth-order valence-electron chi connectivity index (χ4n) is 3.18. The van der Waals surface area contributed by atoms with E-state index in [0.29, 0.717) is 5.92 Å². The molecule has 0 aromatic carbocycles. The zero-order chi connectivity index (χ0) is 16.0. The Morgan fingerprint density at radius 2 is 1.81 bits per heavy atom. The molecule has 0 aromatic rings. The number of methoxy groups -OCH3 is 1. The van der Waals surface area contributed by atoms with E-state index < -0.39 is 8.32 Å². The van der Waals surface area contributed by atoms with Gasteiger partial charge in [-0.2, -0.15) is 0 Å². The molecule has 1 aliphatic rings. The molecule has 1 aliphatic heterocycles. The molecule has 1 heterocycles. The molecule has 124 valence electrons. The summed E-state index contributed by atoms with van der Waals surface area (Å²) in [5, 5.41) is 0. The predicted molar refractivity (Wildman–Crippen MR) is 99.5 cm³/mol. The predicted octanol–water partition coefficient (Wildman–Crippen LogP) is 4.77. The van der Waals surface area contributed by atoms with Crippen LogP contribution in [0.25, 0.3) is 0 Å². The summed E-state index contributed by atoms with van der Waals surface area (Å²) in [7, 11) is 0.119. The molecule has 3 nitrogen and oxygen atoms in total. The standard InChI is InChI=1S/C16H31IO3Si/c1-7-21(8-2,9-3)20-16-14(18-6)13(5)11-19-15(16)12(4)10-17/h10,13-16H,7-9,11H2,1-6H3/b12-10+/t13-,14-,15-,16+/m0/s1. The van der Waals surface area contributed by atoms with Crippen molar-refractivity contribution in [3.8, 4) is 0 Å². The van der Waals surface area contributed by atoms with Crippen LogP contribution in [0, 0.1) is 5.92 Å². The van der Waals surface area contributed by atoms with Crippen LogP contribution in [0.3, 0.4) is 0 Å². The maximum atomic E-state index is 6.78. The molecule has 0 spiro atoms. The van der Waals surface area contributed by atoms with Crippen molar-refractivity contribution in [2.45, 2.75) is 71.1 Å². The summed E-state index contributed by atoms with van der Waals surface area (Å²) in [4.78, 5) is 0. The normalized spacial score (nSPS) is 31.5. The van der Waals surface area contributed by atoms with Gasteiger partial charge in [0.1, 0.15) is 12.2 Å². The maximum Gasteiger partial charge on any atom is 0.192 e. The van der Waals surface area contributed by atoms with E-state index >= 15 is 0 Å². The highest BCUT2D eigenvalue weighted by Crippen LogP contribution is 2.34. The lowest BCUT2D eigenvalue weighted by Gasteiger charge is -2.45. The first-order valence-corrected chi connectivity index (χ1v) is 11.8. The third-order valence-electron chi connectivity index (χ3n) is 4.93. The fraction of sp³-hybridized carbons (Fsp3) is 0.875. The molecule has 0 aromatic heterocycles. The van der Waals surface area contributed by atoms with Crippen LogP contribution in [0.2, 0.25) is 18.1 Å². The van der Waals surface area contributed by atoms with Crippen molar-refractivity contribution in [2.75, 3.05) is 13.7 Å². The van der Waals surface area contributed by atoms with Crippen molar-refractivity contribution in [3.05, 3.63) is 9.66 Å². The van der Waals surface area contributed by atoms with Crippen molar-refractivity contribution >= 4 is 30.9 Å². The number of rotatable bonds is 7. The third-order valence-corrected chi connectivity index (χ3v) is 10.6. The van der Waals surface area contributed by atoms with Gasteiger partial charge in [0.15, 0.2) is 8.32 Å². The van der Waals surface area contributed by atoms with Crippen LogP contribution < -0.4 is 0 Å². The topological polar surface area (TPSA) is 27.7 Å². The Bertz CT molecular complexity index is 336. The van der Waals surface area contributed by atoms with Gasteiger partial charge in [-0.15, -0.1) is 0 Å². The first-order valence-electron chi connectivity index (χ1n) is 8.07. The minimum atomic E-state index is -1.68. The average molecular weight is 426 g/mol. The summed E-state index contributed by atoms with van der Waals surface area (Å²) < 4.78 is 20.8. The van der Waals surface area contributed by atoms with Gasteiger partial charge in [-0.1, -0.05) is 50.3 Å². The Hall–Kier alpha value is 0.567. The molecule has 1 fully saturated rings. The van der Waals surface area contributed by atoms with Crippen molar-refractivity contribution < 1.29 is 13.9 Å². The highest BCUT2D eigenvalue weighted by atomic mass is 127. The smallest absolute Gasteiger partial charge is 0.192 e. The van der Waals surface area contributed by atoms with Gasteiger partial charge in [0.25, 0.3) is 0 Å². The second-order valence-corrected chi connectivity index (χ2v) is 11.5. The summed E-state index contributed by atoms with van der Waals surface area (Å²) >= 11 is 2.29. The molecular weight excluding hydrogens is 395 g/mol. The van der Waals surface area contributed by atoms with E-state index in [9.17, 15) is 0 Å². The minimum absolute atomic E-state index is 0.0243. The molecule has 0 aliphatic carbocycles. The molecule has 0 saturated carbocycles. The fourth-order valence-corrected chi connectivity index (χ4v) is 6.37. The molecule has 0 bridgehead atoms. The van der Waals surface area contributed by atoms with Gasteiger partial charge < -0.3 is 13.9 Å². The Kier molecular flexibility index (Phi) is 8.41. The highest BCUT2D eigenvalue weighted by molar-refractivity contribution is 14.1. The van der Waals surface area contributed by atoms with Gasteiger partial charge >= 0.3 is 0 Å². The largest absolute Gasteiger partial charge is 0.408 e. The summed E-state index contributed by atoms with van der Waals surface area (Å²) in [5.74, 6) is 0.371. The number of hydrogen-bond donors (Lipinski definition) is 0. The van der Waals surface area contributed by atoms with E-state index in [4.69, 9.17) is 13.9 Å². The summed E-state index contributed by atoms with van der Waals surface area (Å²) in [6, 6.07) is 3.46. The van der Waals surface area contributed by atoms with Crippen molar-refractivity contribution in [1.82, 2.24) is 0 Å². The van der Waals surface area contributed by atoms with Crippen LogP contribution in [-0.2, 0) is 13.9 Å². The molecule has 5 heteroatoms. The van der Waals surface area contributed by atoms with E-state index in [1.54, 1.807) is 7.11 Å². The highest BCUT2D eigenvalue weighted by Gasteiger charge is 2.44. The Morgan fingerprint density at radius 3 is 2.24 bits per heavy atom. The van der Waals surface area contributed by atoms with Gasteiger partial charge in [0.2, 0.25) is 0 Å². The van der Waals surface area contributed by atoms with Crippen LogP contribution in [0.4, 0.5) is 0 Å². The molecule has 0 unspecified atom stereocenters. The Labute approximate surface area is 145 Å². The zero-order valence-electron chi connectivity index (χ0n) is 14.3. The van der Waals surface area contributed by atoms with Crippen LogP contribution in [0.15, 0.2) is 9.66 Å². The van der Waals surface area contributed by atoms with Crippen molar-refractivity contribution in [2.24, 2.45) is 5.92 Å². The van der Waals surface area contributed by atoms with E-state index in [2.05, 4.69) is 61.3 Å². The van der Waals surface area contributed by atoms with Crippen LogP contribution in [0.1, 0.15) is 34.6 Å². The third kappa shape index (κ3) is 4.53. The number of hydrogen-bond acceptors (Lipinski definition) is 3. The zero-order valence-corrected chi connectivity index (χ0v) is 17.5. The quantitative estimate of drug-likeness (QED) is 0.434. The monoisotopic (exact) mass is 426 g/mol. The van der Waals surface area contributed by atoms with Gasteiger partial charge in [0.05, 0.1) is 12.7 Å². The van der Waals surface area contributed by atoms with Gasteiger partial charge in [-0.05, 0) is 34.7 Å². The number of ether oxygens (including phenoxy) is 2. The Morgan fingerprint density at radius 1 is 1.24 bits per heavy atom. The lowest BCUT2D eigenvalue weighted by Crippen LogP contribution is -2.56. The molecule has 21 heavy (non-hydrogen) atoms. The molecule has 1 saturated heterocycles. The van der Waals surface area contributed by atoms with Gasteiger partial charge in [0, 0.05) is 13.0 Å².